The van der Waals surface area contributed by atoms with Crippen molar-refractivity contribution in [1.29, 1.82) is 0 Å². The van der Waals surface area contributed by atoms with Crippen molar-refractivity contribution in [3.8, 4) is 0 Å². The Labute approximate surface area is 109 Å². The van der Waals surface area contributed by atoms with Gasteiger partial charge in [-0.15, -0.1) is 0 Å². The van der Waals surface area contributed by atoms with Crippen LogP contribution in [0, 0.1) is 5.41 Å². The number of ether oxygens (including phenoxy) is 1. The third kappa shape index (κ3) is 7.77. The molecule has 0 saturated heterocycles. The molecule has 0 rings (SSSR count). The summed E-state index contributed by atoms with van der Waals surface area (Å²) in [4.78, 5) is 0. The maximum absolute atomic E-state index is 5.55. The molecule has 0 aliphatic heterocycles. The first-order valence-corrected chi connectivity index (χ1v) is 7.53. The van der Waals surface area contributed by atoms with Crippen molar-refractivity contribution in [2.24, 2.45) is 5.41 Å². The fraction of sp³-hybridized carbons (Fsp3) is 1.00. The first kappa shape index (κ1) is 16.9. The summed E-state index contributed by atoms with van der Waals surface area (Å²) in [5.41, 5.74) is 0.459. The summed E-state index contributed by atoms with van der Waals surface area (Å²) < 4.78 is 5.55. The van der Waals surface area contributed by atoms with Gasteiger partial charge in [0.1, 0.15) is 0 Å². The van der Waals surface area contributed by atoms with Crippen LogP contribution in [0.1, 0.15) is 66.2 Å². The summed E-state index contributed by atoms with van der Waals surface area (Å²) >= 11 is 0. The third-order valence-corrected chi connectivity index (χ3v) is 3.72. The summed E-state index contributed by atoms with van der Waals surface area (Å²) in [7, 11) is 0. The second kappa shape index (κ2) is 11.0. The first-order valence-electron chi connectivity index (χ1n) is 7.53. The van der Waals surface area contributed by atoms with Gasteiger partial charge in [0.25, 0.3) is 0 Å². The predicted molar refractivity (Wildman–Crippen MR) is 76.5 cm³/mol. The monoisotopic (exact) mass is 243 g/mol. The lowest BCUT2D eigenvalue weighted by atomic mass is 9.77. The van der Waals surface area contributed by atoms with Gasteiger partial charge in [0, 0.05) is 19.8 Å². The topological polar surface area (TPSA) is 21.3 Å². The van der Waals surface area contributed by atoms with Crippen LogP contribution >= 0.6 is 0 Å². The Hall–Kier alpha value is -0.0800. The van der Waals surface area contributed by atoms with Crippen molar-refractivity contribution in [3.63, 3.8) is 0 Å². The second-order valence-corrected chi connectivity index (χ2v) is 5.08. The molecule has 1 N–H and O–H groups in total. The second-order valence-electron chi connectivity index (χ2n) is 5.08. The first-order chi connectivity index (χ1) is 8.24. The lowest BCUT2D eigenvalue weighted by Crippen LogP contribution is -2.35. The molecule has 0 aliphatic carbocycles. The van der Waals surface area contributed by atoms with Gasteiger partial charge >= 0.3 is 0 Å². The highest BCUT2D eigenvalue weighted by molar-refractivity contribution is 4.80. The highest BCUT2D eigenvalue weighted by Crippen LogP contribution is 2.32. The zero-order valence-corrected chi connectivity index (χ0v) is 12.5. The number of hydrogen-bond acceptors (Lipinski definition) is 2. The fourth-order valence-corrected chi connectivity index (χ4v) is 2.30. The van der Waals surface area contributed by atoms with Gasteiger partial charge in [-0.1, -0.05) is 33.6 Å². The smallest absolute Gasteiger partial charge is 0.0471 e. The Bertz CT molecular complexity index is 149. The summed E-state index contributed by atoms with van der Waals surface area (Å²) in [5.74, 6) is 0. The van der Waals surface area contributed by atoms with E-state index in [-0.39, 0.29) is 0 Å². The molecule has 104 valence electrons. The molecule has 0 fully saturated rings. The predicted octanol–water partition coefficient (Wildman–Crippen LogP) is 4.00. The molecule has 0 radical (unpaired) electrons. The van der Waals surface area contributed by atoms with Crippen molar-refractivity contribution in [2.45, 2.75) is 66.2 Å². The van der Waals surface area contributed by atoms with Crippen LogP contribution in [0.5, 0.6) is 0 Å². The maximum atomic E-state index is 5.55. The van der Waals surface area contributed by atoms with Crippen LogP contribution < -0.4 is 5.32 Å². The molecule has 0 amide bonds. The third-order valence-electron chi connectivity index (χ3n) is 3.72. The van der Waals surface area contributed by atoms with Crippen LogP contribution in [-0.2, 0) is 4.74 Å². The molecule has 0 spiro atoms. The van der Waals surface area contributed by atoms with E-state index in [2.05, 4.69) is 33.0 Å². The van der Waals surface area contributed by atoms with Gasteiger partial charge < -0.3 is 10.1 Å². The largest absolute Gasteiger partial charge is 0.382 e. The van der Waals surface area contributed by atoms with Gasteiger partial charge in [0.2, 0.25) is 0 Å². The molecule has 0 aromatic heterocycles. The normalized spacial score (nSPS) is 14.8. The Kier molecular flexibility index (Phi) is 11.0. The number of nitrogens with one attached hydrogen (secondary N) is 1. The quantitative estimate of drug-likeness (QED) is 0.523. The average Bonchev–Trinajstić information content (AvgIpc) is 2.36. The molecule has 0 aliphatic rings. The zero-order valence-electron chi connectivity index (χ0n) is 12.5. The Morgan fingerprint density at radius 1 is 1.00 bits per heavy atom. The summed E-state index contributed by atoms with van der Waals surface area (Å²) in [5, 5.41) is 3.61. The van der Waals surface area contributed by atoms with Crippen molar-refractivity contribution >= 4 is 0 Å². The van der Waals surface area contributed by atoms with Crippen LogP contribution in [0.4, 0.5) is 0 Å². The standard InChI is InChI=1S/C15H33NO/c1-5-9-10-15(7-3,11-13-17-8-4)14-16-12-6-2/h16H,5-14H2,1-4H3. The SMILES string of the molecule is CCCCC(CC)(CCOCC)CNCCC. The van der Waals surface area contributed by atoms with Crippen LogP contribution in [0.25, 0.3) is 0 Å². The number of unbranched alkanes of at least 4 members (excludes halogenated alkanes) is 1. The Morgan fingerprint density at radius 3 is 2.29 bits per heavy atom. The van der Waals surface area contributed by atoms with Crippen molar-refractivity contribution in [1.82, 2.24) is 5.32 Å². The van der Waals surface area contributed by atoms with E-state index in [0.717, 1.165) is 26.3 Å². The van der Waals surface area contributed by atoms with Crippen LogP contribution in [0.2, 0.25) is 0 Å². The molecule has 2 heteroatoms. The molecule has 0 aromatic rings. The number of rotatable bonds is 12. The van der Waals surface area contributed by atoms with E-state index >= 15 is 0 Å². The van der Waals surface area contributed by atoms with Gasteiger partial charge in [-0.3, -0.25) is 0 Å². The van der Waals surface area contributed by atoms with Gasteiger partial charge in [-0.05, 0) is 44.6 Å². The molecule has 1 unspecified atom stereocenters. The maximum Gasteiger partial charge on any atom is 0.0471 e. The minimum Gasteiger partial charge on any atom is -0.382 e. The zero-order chi connectivity index (χ0) is 13.0. The minimum absolute atomic E-state index is 0.459. The van der Waals surface area contributed by atoms with E-state index in [9.17, 15) is 0 Å². The van der Waals surface area contributed by atoms with E-state index in [1.165, 1.54) is 38.5 Å². The lowest BCUT2D eigenvalue weighted by molar-refractivity contribution is 0.0926. The van der Waals surface area contributed by atoms with Gasteiger partial charge in [0.05, 0.1) is 0 Å². The summed E-state index contributed by atoms with van der Waals surface area (Å²) in [6.07, 6.45) is 7.66. The molecule has 1 atom stereocenters. The van der Waals surface area contributed by atoms with Crippen LogP contribution in [0.15, 0.2) is 0 Å². The highest BCUT2D eigenvalue weighted by Gasteiger charge is 2.26. The van der Waals surface area contributed by atoms with E-state index in [1.807, 2.05) is 0 Å². The molecule has 0 aromatic carbocycles. The molecular formula is C15H33NO. The summed E-state index contributed by atoms with van der Waals surface area (Å²) in [6.45, 7) is 13.0. The molecule has 17 heavy (non-hydrogen) atoms. The summed E-state index contributed by atoms with van der Waals surface area (Å²) in [6, 6.07) is 0. The van der Waals surface area contributed by atoms with Gasteiger partial charge in [0.15, 0.2) is 0 Å². The molecule has 2 nitrogen and oxygen atoms in total. The van der Waals surface area contributed by atoms with Crippen LogP contribution in [-0.4, -0.2) is 26.3 Å². The van der Waals surface area contributed by atoms with Gasteiger partial charge in [-0.2, -0.15) is 0 Å². The van der Waals surface area contributed by atoms with Crippen molar-refractivity contribution < 1.29 is 4.74 Å². The highest BCUT2D eigenvalue weighted by atomic mass is 16.5. The van der Waals surface area contributed by atoms with Crippen LogP contribution in [0.3, 0.4) is 0 Å². The van der Waals surface area contributed by atoms with Gasteiger partial charge in [-0.25, -0.2) is 0 Å². The minimum atomic E-state index is 0.459. The molecule has 0 saturated carbocycles. The van der Waals surface area contributed by atoms with Crippen molar-refractivity contribution in [2.75, 3.05) is 26.3 Å². The van der Waals surface area contributed by atoms with E-state index < -0.39 is 0 Å². The Balaban J connectivity index is 4.17. The lowest BCUT2D eigenvalue weighted by Gasteiger charge is -2.33. The Morgan fingerprint density at radius 2 is 1.76 bits per heavy atom. The molecule has 0 bridgehead atoms. The fourth-order valence-electron chi connectivity index (χ4n) is 2.30. The van der Waals surface area contributed by atoms with Crippen molar-refractivity contribution in [3.05, 3.63) is 0 Å². The number of hydrogen-bond donors (Lipinski definition) is 1. The molecule has 0 heterocycles. The van der Waals surface area contributed by atoms with E-state index in [1.54, 1.807) is 0 Å². The average molecular weight is 243 g/mol. The molecular weight excluding hydrogens is 210 g/mol. The van der Waals surface area contributed by atoms with E-state index in [4.69, 9.17) is 4.74 Å². The van der Waals surface area contributed by atoms with E-state index in [0.29, 0.717) is 5.41 Å².